The van der Waals surface area contributed by atoms with Crippen LogP contribution in [0.2, 0.25) is 0 Å². The highest BCUT2D eigenvalue weighted by Gasteiger charge is 2.56. The van der Waals surface area contributed by atoms with Crippen LogP contribution in [-0.2, 0) is 0 Å². The van der Waals surface area contributed by atoms with E-state index in [2.05, 4.69) is 5.32 Å². The molecule has 1 saturated heterocycles. The van der Waals surface area contributed by atoms with Crippen molar-refractivity contribution in [3.8, 4) is 0 Å². The Morgan fingerprint density at radius 2 is 1.68 bits per heavy atom. The van der Waals surface area contributed by atoms with Crippen LogP contribution in [0.4, 0.5) is 9.59 Å². The van der Waals surface area contributed by atoms with Crippen LogP contribution in [0.15, 0.2) is 0 Å². The fourth-order valence-corrected chi connectivity index (χ4v) is 5.31. The van der Waals surface area contributed by atoms with Gasteiger partial charge < -0.3 is 10.2 Å². The number of amides is 4. The molecule has 7 nitrogen and oxygen atoms in total. The van der Waals surface area contributed by atoms with Gasteiger partial charge in [0.15, 0.2) is 6.17 Å². The van der Waals surface area contributed by atoms with Gasteiger partial charge in [0.1, 0.15) is 0 Å². The van der Waals surface area contributed by atoms with Crippen molar-refractivity contribution in [1.29, 1.82) is 0 Å². The summed E-state index contributed by atoms with van der Waals surface area (Å²) in [6, 6.07) is -0.319. The van der Waals surface area contributed by atoms with E-state index in [0.29, 0.717) is 6.54 Å². The molecule has 4 amide bonds. The SMILES string of the molecule is CCCN1C(=O)N(C2CCCCC2)C(N(O)C(=O)NC2CCCCC2)C1(C)C. The predicted molar refractivity (Wildman–Crippen MR) is 108 cm³/mol. The summed E-state index contributed by atoms with van der Waals surface area (Å²) in [5.41, 5.74) is -0.650. The minimum atomic E-state index is -0.668. The summed E-state index contributed by atoms with van der Waals surface area (Å²) >= 11 is 0. The van der Waals surface area contributed by atoms with Crippen molar-refractivity contribution in [1.82, 2.24) is 20.2 Å². The monoisotopic (exact) mass is 394 g/mol. The van der Waals surface area contributed by atoms with E-state index in [4.69, 9.17) is 0 Å². The number of hydrogen-bond donors (Lipinski definition) is 2. The molecule has 7 heteroatoms. The number of nitrogens with zero attached hydrogens (tertiary/aromatic N) is 3. The van der Waals surface area contributed by atoms with E-state index in [1.165, 1.54) is 12.8 Å². The van der Waals surface area contributed by atoms with E-state index in [9.17, 15) is 14.8 Å². The molecule has 0 spiro atoms. The van der Waals surface area contributed by atoms with E-state index in [1.54, 1.807) is 4.90 Å². The van der Waals surface area contributed by atoms with Crippen LogP contribution in [0, 0.1) is 0 Å². The average Bonchev–Trinajstić information content (AvgIpc) is 2.89. The molecule has 0 bridgehead atoms. The van der Waals surface area contributed by atoms with Crippen molar-refractivity contribution in [3.05, 3.63) is 0 Å². The second kappa shape index (κ2) is 8.89. The Kier molecular flexibility index (Phi) is 6.73. The van der Waals surface area contributed by atoms with Crippen molar-refractivity contribution < 1.29 is 14.8 Å². The second-order valence-electron chi connectivity index (χ2n) is 9.29. The lowest BCUT2D eigenvalue weighted by Gasteiger charge is -2.41. The highest BCUT2D eigenvalue weighted by Crippen LogP contribution is 2.39. The topological polar surface area (TPSA) is 76.1 Å². The normalized spacial score (nSPS) is 26.6. The van der Waals surface area contributed by atoms with Gasteiger partial charge in [0.25, 0.3) is 0 Å². The molecule has 0 aromatic heterocycles. The molecule has 3 aliphatic rings. The van der Waals surface area contributed by atoms with Gasteiger partial charge in [-0.2, -0.15) is 5.06 Å². The number of hydroxylamine groups is 2. The minimum absolute atomic E-state index is 0.0479. The summed E-state index contributed by atoms with van der Waals surface area (Å²) in [4.78, 5) is 29.9. The van der Waals surface area contributed by atoms with E-state index in [1.807, 2.05) is 25.7 Å². The molecule has 2 N–H and O–H groups in total. The summed E-state index contributed by atoms with van der Waals surface area (Å²) in [6.45, 7) is 6.61. The molecule has 28 heavy (non-hydrogen) atoms. The molecule has 2 aliphatic carbocycles. The lowest BCUT2D eigenvalue weighted by Crippen LogP contribution is -2.61. The molecule has 0 aromatic rings. The third-order valence-corrected chi connectivity index (χ3v) is 6.83. The van der Waals surface area contributed by atoms with E-state index >= 15 is 0 Å². The molecule has 1 unspecified atom stereocenters. The van der Waals surface area contributed by atoms with Crippen LogP contribution in [0.3, 0.4) is 0 Å². The van der Waals surface area contributed by atoms with Crippen LogP contribution in [0.1, 0.15) is 91.4 Å². The quantitative estimate of drug-likeness (QED) is 0.539. The minimum Gasteiger partial charge on any atom is -0.333 e. The maximum atomic E-state index is 13.3. The predicted octanol–water partition coefficient (Wildman–Crippen LogP) is 4.30. The zero-order chi connectivity index (χ0) is 20.3. The van der Waals surface area contributed by atoms with Crippen LogP contribution < -0.4 is 5.32 Å². The summed E-state index contributed by atoms with van der Waals surface area (Å²) in [7, 11) is 0. The molecule has 1 aliphatic heterocycles. The van der Waals surface area contributed by atoms with Crippen LogP contribution in [-0.4, -0.2) is 62.5 Å². The van der Waals surface area contributed by atoms with Crippen LogP contribution in [0.25, 0.3) is 0 Å². The van der Waals surface area contributed by atoms with Gasteiger partial charge in [-0.05, 0) is 46.0 Å². The highest BCUT2D eigenvalue weighted by atomic mass is 16.5. The Balaban J connectivity index is 1.82. The number of rotatable bonds is 5. The molecular formula is C21H38N4O3. The van der Waals surface area contributed by atoms with Gasteiger partial charge in [0, 0.05) is 18.6 Å². The van der Waals surface area contributed by atoms with Gasteiger partial charge in [-0.1, -0.05) is 45.4 Å². The lowest BCUT2D eigenvalue weighted by molar-refractivity contribution is -0.141. The van der Waals surface area contributed by atoms with Gasteiger partial charge in [-0.3, -0.25) is 10.1 Å². The van der Waals surface area contributed by atoms with Crippen LogP contribution in [0.5, 0.6) is 0 Å². The first kappa shape index (κ1) is 21.2. The van der Waals surface area contributed by atoms with Crippen LogP contribution >= 0.6 is 0 Å². The molecule has 160 valence electrons. The summed E-state index contributed by atoms with van der Waals surface area (Å²) < 4.78 is 0. The van der Waals surface area contributed by atoms with Crippen molar-refractivity contribution in [2.24, 2.45) is 0 Å². The Labute approximate surface area is 169 Å². The van der Waals surface area contributed by atoms with Gasteiger partial charge in [0.05, 0.1) is 5.54 Å². The number of carbonyl (C=O) groups is 2. The second-order valence-corrected chi connectivity index (χ2v) is 9.29. The Hall–Kier alpha value is -1.50. The van der Waals surface area contributed by atoms with Crippen molar-refractivity contribution in [3.63, 3.8) is 0 Å². The van der Waals surface area contributed by atoms with Gasteiger partial charge in [-0.15, -0.1) is 0 Å². The Morgan fingerprint density at radius 3 is 2.25 bits per heavy atom. The zero-order valence-corrected chi connectivity index (χ0v) is 17.8. The van der Waals surface area contributed by atoms with Gasteiger partial charge in [0.2, 0.25) is 0 Å². The first-order chi connectivity index (χ1) is 13.4. The van der Waals surface area contributed by atoms with E-state index in [0.717, 1.165) is 62.9 Å². The Bertz CT molecular complexity index is 556. The number of nitrogens with one attached hydrogen (secondary N) is 1. The maximum Gasteiger partial charge on any atom is 0.343 e. The Morgan fingerprint density at radius 1 is 1.11 bits per heavy atom. The summed E-state index contributed by atoms with van der Waals surface area (Å²) in [5, 5.41) is 14.8. The molecule has 2 saturated carbocycles. The summed E-state index contributed by atoms with van der Waals surface area (Å²) in [6.07, 6.45) is 10.8. The zero-order valence-electron chi connectivity index (χ0n) is 17.8. The number of hydrogen-bond acceptors (Lipinski definition) is 3. The molecule has 1 atom stereocenters. The van der Waals surface area contributed by atoms with Crippen molar-refractivity contribution in [2.75, 3.05) is 6.54 Å². The van der Waals surface area contributed by atoms with E-state index in [-0.39, 0.29) is 18.1 Å². The largest absolute Gasteiger partial charge is 0.343 e. The first-order valence-electron chi connectivity index (χ1n) is 11.3. The van der Waals surface area contributed by atoms with E-state index < -0.39 is 17.7 Å². The fraction of sp³-hybridized carbons (Fsp3) is 0.905. The van der Waals surface area contributed by atoms with Gasteiger partial charge in [-0.25, -0.2) is 9.59 Å². The van der Waals surface area contributed by atoms with Gasteiger partial charge >= 0.3 is 12.1 Å². The lowest BCUT2D eigenvalue weighted by atomic mass is 9.92. The first-order valence-corrected chi connectivity index (χ1v) is 11.3. The third-order valence-electron chi connectivity index (χ3n) is 6.83. The van der Waals surface area contributed by atoms with Crippen molar-refractivity contribution in [2.45, 2.75) is 115 Å². The maximum absolute atomic E-state index is 13.3. The standard InChI is InChI=1S/C21H38N4O3/c1-4-15-23-20(27)24(17-13-9-6-10-14-17)18(21(23,2)3)25(28)19(26)22-16-11-7-5-8-12-16/h16-18,28H,4-15H2,1-3H3,(H,22,26). The molecule has 3 fully saturated rings. The number of carbonyl (C=O) groups excluding carboxylic acids is 2. The third kappa shape index (κ3) is 4.09. The molecule has 3 rings (SSSR count). The number of urea groups is 2. The fourth-order valence-electron chi connectivity index (χ4n) is 5.31. The highest BCUT2D eigenvalue weighted by molar-refractivity contribution is 5.81. The summed E-state index contributed by atoms with van der Waals surface area (Å²) in [5.74, 6) is 0. The molecular weight excluding hydrogens is 356 g/mol. The van der Waals surface area contributed by atoms with Crippen molar-refractivity contribution >= 4 is 12.1 Å². The molecule has 0 aromatic carbocycles. The average molecular weight is 395 g/mol. The molecule has 1 heterocycles. The molecule has 0 radical (unpaired) electrons. The smallest absolute Gasteiger partial charge is 0.333 e.